The van der Waals surface area contributed by atoms with Crippen LogP contribution >= 0.6 is 0 Å². The summed E-state index contributed by atoms with van der Waals surface area (Å²) in [7, 11) is 1.92. The van der Waals surface area contributed by atoms with E-state index in [1.807, 2.05) is 44.4 Å². The third kappa shape index (κ3) is 2.43. The van der Waals surface area contributed by atoms with Crippen molar-refractivity contribution in [1.29, 1.82) is 0 Å². The molecule has 3 N–H and O–H groups in total. The largest absolute Gasteiger partial charge is 0.386 e. The van der Waals surface area contributed by atoms with Crippen LogP contribution in [0.25, 0.3) is 21.9 Å². The fourth-order valence-electron chi connectivity index (χ4n) is 2.76. The van der Waals surface area contributed by atoms with Crippen molar-refractivity contribution in [3.63, 3.8) is 0 Å². The fraction of sp³-hybridized carbons (Fsp3) is 0.105. The second-order valence-corrected chi connectivity index (χ2v) is 5.52. The van der Waals surface area contributed by atoms with Crippen LogP contribution in [0, 0.1) is 18.8 Å². The van der Waals surface area contributed by atoms with Crippen LogP contribution < -0.4 is 5.32 Å². The van der Waals surface area contributed by atoms with E-state index >= 15 is 0 Å². The molecule has 0 aliphatic rings. The van der Waals surface area contributed by atoms with Crippen molar-refractivity contribution >= 4 is 27.6 Å². The van der Waals surface area contributed by atoms with Gasteiger partial charge >= 0.3 is 0 Å². The highest BCUT2D eigenvalue weighted by Crippen LogP contribution is 2.23. The second-order valence-electron chi connectivity index (χ2n) is 5.52. The molecule has 23 heavy (non-hydrogen) atoms. The van der Waals surface area contributed by atoms with Gasteiger partial charge in [-0.05, 0) is 43.3 Å². The molecule has 0 radical (unpaired) electrons. The number of aromatic nitrogens is 3. The van der Waals surface area contributed by atoms with Gasteiger partial charge in [0.2, 0.25) is 0 Å². The number of fused-ring (bicyclic) bond motifs is 2. The van der Waals surface area contributed by atoms with E-state index in [-0.39, 0.29) is 0 Å². The Morgan fingerprint density at radius 3 is 2.61 bits per heavy atom. The number of benzene rings is 2. The van der Waals surface area contributed by atoms with Gasteiger partial charge in [-0.3, -0.25) is 0 Å². The number of imidazole rings is 1. The predicted molar refractivity (Wildman–Crippen MR) is 94.7 cm³/mol. The first-order valence-corrected chi connectivity index (χ1v) is 7.50. The SMILES string of the molecule is CNc1c[nH]c2ccc(C#Cc3ccc4nc(C)[nH]c4c3)cc12. The molecule has 0 atom stereocenters. The van der Waals surface area contributed by atoms with E-state index < -0.39 is 0 Å². The molecule has 0 bridgehead atoms. The zero-order chi connectivity index (χ0) is 15.8. The first-order valence-electron chi connectivity index (χ1n) is 7.50. The van der Waals surface area contributed by atoms with Crippen LogP contribution in [0.3, 0.4) is 0 Å². The molecule has 0 unspecified atom stereocenters. The van der Waals surface area contributed by atoms with Crippen molar-refractivity contribution < 1.29 is 0 Å². The van der Waals surface area contributed by atoms with Crippen molar-refractivity contribution in [1.82, 2.24) is 15.0 Å². The number of aromatic amines is 2. The molecule has 0 amide bonds. The van der Waals surface area contributed by atoms with Crippen LogP contribution in [0.2, 0.25) is 0 Å². The Kier molecular flexibility index (Phi) is 3.06. The zero-order valence-corrected chi connectivity index (χ0v) is 13.0. The summed E-state index contributed by atoms with van der Waals surface area (Å²) in [6, 6.07) is 12.2. The molecule has 4 heteroatoms. The molecule has 112 valence electrons. The summed E-state index contributed by atoms with van der Waals surface area (Å²) in [5, 5.41) is 4.33. The molecule has 2 aromatic heterocycles. The Bertz CT molecular complexity index is 1070. The quantitative estimate of drug-likeness (QED) is 0.468. The minimum Gasteiger partial charge on any atom is -0.386 e. The molecule has 0 spiro atoms. The topological polar surface area (TPSA) is 56.5 Å². The Hall–Kier alpha value is -3.19. The molecule has 0 aliphatic heterocycles. The number of anilines is 1. The third-order valence-corrected chi connectivity index (χ3v) is 3.90. The van der Waals surface area contributed by atoms with Crippen molar-refractivity contribution in [2.24, 2.45) is 0 Å². The lowest BCUT2D eigenvalue weighted by atomic mass is 10.1. The Morgan fingerprint density at radius 2 is 1.78 bits per heavy atom. The highest BCUT2D eigenvalue weighted by atomic mass is 14.9. The van der Waals surface area contributed by atoms with Gasteiger partial charge in [0.05, 0.1) is 16.7 Å². The summed E-state index contributed by atoms with van der Waals surface area (Å²) in [6.07, 6.45) is 1.97. The number of rotatable bonds is 1. The van der Waals surface area contributed by atoms with Gasteiger partial charge in [-0.1, -0.05) is 11.8 Å². The molecule has 4 nitrogen and oxygen atoms in total. The number of hydrogen-bond acceptors (Lipinski definition) is 2. The van der Waals surface area contributed by atoms with Gasteiger partial charge in [-0.15, -0.1) is 0 Å². The molecule has 2 aromatic carbocycles. The van der Waals surface area contributed by atoms with E-state index in [1.54, 1.807) is 0 Å². The van der Waals surface area contributed by atoms with Gasteiger partial charge in [0.1, 0.15) is 5.82 Å². The van der Waals surface area contributed by atoms with Gasteiger partial charge < -0.3 is 15.3 Å². The predicted octanol–water partition coefficient (Wildman–Crippen LogP) is 3.79. The van der Waals surface area contributed by atoms with Crippen LogP contribution in [-0.4, -0.2) is 22.0 Å². The maximum Gasteiger partial charge on any atom is 0.104 e. The van der Waals surface area contributed by atoms with Crippen LogP contribution in [0.15, 0.2) is 42.6 Å². The van der Waals surface area contributed by atoms with E-state index in [4.69, 9.17) is 0 Å². The van der Waals surface area contributed by atoms with Gasteiger partial charge in [0.25, 0.3) is 0 Å². The molecular formula is C19H16N4. The minimum atomic E-state index is 0.919. The average Bonchev–Trinajstić information content (AvgIpc) is 3.13. The van der Waals surface area contributed by atoms with Crippen LogP contribution in [0.1, 0.15) is 17.0 Å². The standard InChI is InChI=1S/C19H16N4/c1-12-22-17-8-6-14(10-18(17)23-12)4-3-13-5-7-16-15(9-13)19(20-2)11-21-16/h5-11,20-21H,1-2H3,(H,22,23). The van der Waals surface area contributed by atoms with E-state index in [0.717, 1.165) is 44.6 Å². The highest BCUT2D eigenvalue weighted by molar-refractivity contribution is 5.93. The number of hydrogen-bond donors (Lipinski definition) is 3. The molecule has 4 aromatic rings. The Balaban J connectivity index is 1.72. The summed E-state index contributed by atoms with van der Waals surface area (Å²) < 4.78 is 0. The third-order valence-electron chi connectivity index (χ3n) is 3.90. The van der Waals surface area contributed by atoms with Gasteiger partial charge in [-0.2, -0.15) is 0 Å². The summed E-state index contributed by atoms with van der Waals surface area (Å²) >= 11 is 0. The number of H-pyrrole nitrogens is 2. The lowest BCUT2D eigenvalue weighted by molar-refractivity contribution is 1.17. The van der Waals surface area contributed by atoms with E-state index in [1.165, 1.54) is 0 Å². The van der Waals surface area contributed by atoms with Gasteiger partial charge in [0.15, 0.2) is 0 Å². The molecule has 0 saturated heterocycles. The Labute approximate surface area is 133 Å². The van der Waals surface area contributed by atoms with E-state index in [9.17, 15) is 0 Å². The summed E-state index contributed by atoms with van der Waals surface area (Å²) in [5.74, 6) is 7.39. The minimum absolute atomic E-state index is 0.919. The first-order chi connectivity index (χ1) is 11.2. The normalized spacial score (nSPS) is 10.7. The van der Waals surface area contributed by atoms with Crippen LogP contribution in [0.4, 0.5) is 5.69 Å². The van der Waals surface area contributed by atoms with Crippen molar-refractivity contribution in [3.8, 4) is 11.8 Å². The number of nitrogens with zero attached hydrogens (tertiary/aromatic N) is 1. The first kappa shape index (κ1) is 13.5. The second kappa shape index (κ2) is 5.22. The molecule has 2 heterocycles. The molecule has 4 rings (SSSR count). The van der Waals surface area contributed by atoms with E-state index in [2.05, 4.69) is 44.2 Å². The fourth-order valence-corrected chi connectivity index (χ4v) is 2.76. The molecule has 0 saturated carbocycles. The van der Waals surface area contributed by atoms with E-state index in [0.29, 0.717) is 0 Å². The number of nitrogens with one attached hydrogen (secondary N) is 3. The summed E-state index contributed by atoms with van der Waals surface area (Å²) in [4.78, 5) is 10.9. The number of aryl methyl sites for hydroxylation is 1. The summed E-state index contributed by atoms with van der Waals surface area (Å²) in [5.41, 5.74) is 6.15. The van der Waals surface area contributed by atoms with Crippen LogP contribution in [0.5, 0.6) is 0 Å². The van der Waals surface area contributed by atoms with Gasteiger partial charge in [0, 0.05) is 35.3 Å². The lowest BCUT2D eigenvalue weighted by Gasteiger charge is -1.97. The van der Waals surface area contributed by atoms with Gasteiger partial charge in [-0.25, -0.2) is 4.98 Å². The maximum atomic E-state index is 4.41. The monoisotopic (exact) mass is 300 g/mol. The van der Waals surface area contributed by atoms with Crippen LogP contribution in [-0.2, 0) is 0 Å². The zero-order valence-electron chi connectivity index (χ0n) is 13.0. The Morgan fingerprint density at radius 1 is 1.00 bits per heavy atom. The molecule has 0 aliphatic carbocycles. The van der Waals surface area contributed by atoms with Crippen molar-refractivity contribution in [2.75, 3.05) is 12.4 Å². The molecule has 0 fully saturated rings. The van der Waals surface area contributed by atoms with Crippen molar-refractivity contribution in [2.45, 2.75) is 6.92 Å². The van der Waals surface area contributed by atoms with Crippen molar-refractivity contribution in [3.05, 3.63) is 59.5 Å². The smallest absolute Gasteiger partial charge is 0.104 e. The maximum absolute atomic E-state index is 4.41. The highest BCUT2D eigenvalue weighted by Gasteiger charge is 2.02. The summed E-state index contributed by atoms with van der Waals surface area (Å²) in [6.45, 7) is 1.96. The lowest BCUT2D eigenvalue weighted by Crippen LogP contribution is -1.85. The molecular weight excluding hydrogens is 284 g/mol. The average molecular weight is 300 g/mol.